The zero-order valence-corrected chi connectivity index (χ0v) is 13.8. The smallest absolute Gasteiger partial charge is 0.257 e. The van der Waals surface area contributed by atoms with Gasteiger partial charge in [-0.25, -0.2) is 0 Å². The second-order valence-corrected chi connectivity index (χ2v) is 5.99. The van der Waals surface area contributed by atoms with Crippen LogP contribution in [-0.2, 0) is 6.42 Å². The van der Waals surface area contributed by atoms with Crippen molar-refractivity contribution in [2.45, 2.75) is 13.3 Å². The normalized spacial score (nSPS) is 10.4. The van der Waals surface area contributed by atoms with Crippen LogP contribution in [-0.4, -0.2) is 5.91 Å². The quantitative estimate of drug-likeness (QED) is 0.749. The lowest BCUT2D eigenvalue weighted by Gasteiger charge is -2.11. The van der Waals surface area contributed by atoms with Crippen molar-refractivity contribution in [3.63, 3.8) is 0 Å². The molecular weight excluding hydrogens is 361 g/mol. The third-order valence-electron chi connectivity index (χ3n) is 2.87. The fraction of sp³-hybridized carbons (Fsp3) is 0.133. The molecule has 0 unspecified atom stereocenters. The standard InChI is InChI=1S/C15H12BrCl2NO/c1-2-9-7-10(16)3-6-14(9)19-15(20)12-5-4-11(17)8-13(12)18/h3-8H,2H2,1H3,(H,19,20). The molecule has 2 rings (SSSR count). The molecule has 0 saturated carbocycles. The molecule has 0 aliphatic carbocycles. The van der Waals surface area contributed by atoms with Crippen LogP contribution in [0, 0.1) is 0 Å². The summed E-state index contributed by atoms with van der Waals surface area (Å²) in [4.78, 5) is 12.2. The predicted molar refractivity (Wildman–Crippen MR) is 87.9 cm³/mol. The Hall–Kier alpha value is -1.03. The topological polar surface area (TPSA) is 29.1 Å². The lowest BCUT2D eigenvalue weighted by Crippen LogP contribution is -2.13. The van der Waals surface area contributed by atoms with E-state index < -0.39 is 0 Å². The Morgan fingerprint density at radius 3 is 2.60 bits per heavy atom. The van der Waals surface area contributed by atoms with Gasteiger partial charge in [0.15, 0.2) is 0 Å². The first kappa shape index (κ1) is 15.4. The molecule has 1 N–H and O–H groups in total. The minimum atomic E-state index is -0.247. The molecule has 0 fully saturated rings. The van der Waals surface area contributed by atoms with E-state index in [1.165, 1.54) is 0 Å². The van der Waals surface area contributed by atoms with Crippen molar-refractivity contribution in [1.29, 1.82) is 0 Å². The highest BCUT2D eigenvalue weighted by Gasteiger charge is 2.12. The Kier molecular flexibility index (Phi) is 5.08. The molecule has 0 saturated heterocycles. The number of nitrogens with one attached hydrogen (secondary N) is 1. The van der Waals surface area contributed by atoms with Crippen LogP contribution in [0.4, 0.5) is 5.69 Å². The fourth-order valence-corrected chi connectivity index (χ4v) is 2.74. The number of benzene rings is 2. The summed E-state index contributed by atoms with van der Waals surface area (Å²) in [6, 6.07) is 10.6. The second-order valence-electron chi connectivity index (χ2n) is 4.23. The minimum Gasteiger partial charge on any atom is -0.322 e. The van der Waals surface area contributed by atoms with Gasteiger partial charge in [0.1, 0.15) is 0 Å². The molecule has 0 bridgehead atoms. The molecule has 0 aliphatic heterocycles. The molecule has 0 radical (unpaired) electrons. The van der Waals surface area contributed by atoms with E-state index in [1.807, 2.05) is 25.1 Å². The van der Waals surface area contributed by atoms with Crippen LogP contribution in [0.3, 0.4) is 0 Å². The van der Waals surface area contributed by atoms with Crippen molar-refractivity contribution in [2.24, 2.45) is 0 Å². The van der Waals surface area contributed by atoms with E-state index in [0.717, 1.165) is 22.1 Å². The van der Waals surface area contributed by atoms with Crippen LogP contribution in [0.2, 0.25) is 10.0 Å². The first-order valence-corrected chi connectivity index (χ1v) is 7.61. The Labute approximate surface area is 136 Å². The van der Waals surface area contributed by atoms with Crippen LogP contribution >= 0.6 is 39.1 Å². The lowest BCUT2D eigenvalue weighted by atomic mass is 10.1. The van der Waals surface area contributed by atoms with Crippen molar-refractivity contribution in [2.75, 3.05) is 5.32 Å². The summed E-state index contributed by atoms with van der Waals surface area (Å²) in [5, 5.41) is 3.72. The monoisotopic (exact) mass is 371 g/mol. The van der Waals surface area contributed by atoms with E-state index in [9.17, 15) is 4.79 Å². The summed E-state index contributed by atoms with van der Waals surface area (Å²) in [6.07, 6.45) is 0.823. The third kappa shape index (κ3) is 3.54. The summed E-state index contributed by atoms with van der Waals surface area (Å²) in [5.74, 6) is -0.247. The SMILES string of the molecule is CCc1cc(Br)ccc1NC(=O)c1ccc(Cl)cc1Cl. The summed E-state index contributed by atoms with van der Waals surface area (Å²) in [5.41, 5.74) is 2.24. The van der Waals surface area contributed by atoms with Gasteiger partial charge in [-0.05, 0) is 48.4 Å². The zero-order chi connectivity index (χ0) is 14.7. The van der Waals surface area contributed by atoms with E-state index in [2.05, 4.69) is 21.2 Å². The van der Waals surface area contributed by atoms with Gasteiger partial charge in [0.25, 0.3) is 5.91 Å². The van der Waals surface area contributed by atoms with Gasteiger partial charge < -0.3 is 5.32 Å². The van der Waals surface area contributed by atoms with Gasteiger partial charge in [0.2, 0.25) is 0 Å². The predicted octanol–water partition coefficient (Wildman–Crippen LogP) is 5.57. The number of anilines is 1. The van der Waals surface area contributed by atoms with Gasteiger partial charge >= 0.3 is 0 Å². The molecule has 104 valence electrons. The second kappa shape index (κ2) is 6.61. The number of hydrogen-bond donors (Lipinski definition) is 1. The van der Waals surface area contributed by atoms with Crippen molar-refractivity contribution >= 4 is 50.7 Å². The molecule has 1 amide bonds. The van der Waals surface area contributed by atoms with Crippen LogP contribution in [0.15, 0.2) is 40.9 Å². The largest absolute Gasteiger partial charge is 0.322 e. The highest BCUT2D eigenvalue weighted by atomic mass is 79.9. The molecular formula is C15H12BrCl2NO. The maximum atomic E-state index is 12.2. The number of carbonyl (C=O) groups is 1. The highest BCUT2D eigenvalue weighted by molar-refractivity contribution is 9.10. The maximum Gasteiger partial charge on any atom is 0.257 e. The van der Waals surface area contributed by atoms with Gasteiger partial charge in [0.05, 0.1) is 10.6 Å². The fourth-order valence-electron chi connectivity index (χ4n) is 1.84. The zero-order valence-electron chi connectivity index (χ0n) is 10.7. The maximum absolute atomic E-state index is 12.2. The van der Waals surface area contributed by atoms with Gasteiger partial charge in [0, 0.05) is 15.2 Å². The molecule has 0 atom stereocenters. The number of rotatable bonds is 3. The van der Waals surface area contributed by atoms with Crippen molar-refractivity contribution < 1.29 is 4.79 Å². The Morgan fingerprint density at radius 1 is 1.20 bits per heavy atom. The molecule has 20 heavy (non-hydrogen) atoms. The van der Waals surface area contributed by atoms with E-state index in [-0.39, 0.29) is 5.91 Å². The van der Waals surface area contributed by atoms with Crippen LogP contribution < -0.4 is 5.32 Å². The Balaban J connectivity index is 2.28. The van der Waals surface area contributed by atoms with Crippen molar-refractivity contribution in [3.05, 3.63) is 62.0 Å². The number of halogens is 3. The average Bonchev–Trinajstić information content (AvgIpc) is 2.40. The minimum absolute atomic E-state index is 0.247. The van der Waals surface area contributed by atoms with Crippen LogP contribution in [0.25, 0.3) is 0 Å². The summed E-state index contributed by atoms with van der Waals surface area (Å²) in [7, 11) is 0. The van der Waals surface area contributed by atoms with E-state index >= 15 is 0 Å². The molecule has 5 heteroatoms. The molecule has 0 aromatic heterocycles. The van der Waals surface area contributed by atoms with Crippen molar-refractivity contribution in [3.8, 4) is 0 Å². The Bertz CT molecular complexity index is 658. The molecule has 2 aromatic carbocycles. The first-order chi connectivity index (χ1) is 9.51. The Morgan fingerprint density at radius 2 is 1.95 bits per heavy atom. The molecule has 0 aliphatic rings. The number of amides is 1. The van der Waals surface area contributed by atoms with Gasteiger partial charge in [-0.2, -0.15) is 0 Å². The first-order valence-electron chi connectivity index (χ1n) is 6.06. The van der Waals surface area contributed by atoms with Crippen molar-refractivity contribution in [1.82, 2.24) is 0 Å². The lowest BCUT2D eigenvalue weighted by molar-refractivity contribution is 0.102. The van der Waals surface area contributed by atoms with Crippen LogP contribution in [0.1, 0.15) is 22.8 Å². The summed E-state index contributed by atoms with van der Waals surface area (Å²) >= 11 is 15.3. The molecule has 0 spiro atoms. The van der Waals surface area contributed by atoms with Gasteiger partial charge in [-0.15, -0.1) is 0 Å². The van der Waals surface area contributed by atoms with E-state index in [1.54, 1.807) is 18.2 Å². The van der Waals surface area contributed by atoms with E-state index in [0.29, 0.717) is 15.6 Å². The molecule has 2 aromatic rings. The number of hydrogen-bond acceptors (Lipinski definition) is 1. The summed E-state index contributed by atoms with van der Waals surface area (Å²) in [6.45, 7) is 2.03. The number of carbonyl (C=O) groups excluding carboxylic acids is 1. The van der Waals surface area contributed by atoms with Gasteiger partial charge in [-0.3, -0.25) is 4.79 Å². The molecule has 2 nitrogen and oxygen atoms in total. The van der Waals surface area contributed by atoms with E-state index in [4.69, 9.17) is 23.2 Å². The number of aryl methyl sites for hydroxylation is 1. The third-order valence-corrected chi connectivity index (χ3v) is 3.91. The van der Waals surface area contributed by atoms with Crippen LogP contribution in [0.5, 0.6) is 0 Å². The van der Waals surface area contributed by atoms with Gasteiger partial charge in [-0.1, -0.05) is 46.1 Å². The highest BCUT2D eigenvalue weighted by Crippen LogP contribution is 2.25. The summed E-state index contributed by atoms with van der Waals surface area (Å²) < 4.78 is 0.983. The molecule has 0 heterocycles. The average molecular weight is 373 g/mol.